The Morgan fingerprint density at radius 3 is 2.45 bits per heavy atom. The lowest BCUT2D eigenvalue weighted by molar-refractivity contribution is 0.475. The van der Waals surface area contributed by atoms with Crippen LogP contribution in [0.5, 0.6) is 5.75 Å². The first-order valence-electron chi connectivity index (χ1n) is 3.50. The summed E-state index contributed by atoms with van der Waals surface area (Å²) in [5, 5.41) is 8.95. The van der Waals surface area contributed by atoms with Gasteiger partial charge in [-0.25, -0.2) is 0 Å². The Balaban J connectivity index is 2.71. The number of hydrogen-bond donors (Lipinski definition) is 1. The van der Waals surface area contributed by atoms with Crippen molar-refractivity contribution in [2.45, 2.75) is 13.3 Å². The summed E-state index contributed by atoms with van der Waals surface area (Å²) >= 11 is 0. The minimum Gasteiger partial charge on any atom is -0.508 e. The Morgan fingerprint density at radius 2 is 1.91 bits per heavy atom. The quantitative estimate of drug-likeness (QED) is 0.600. The van der Waals surface area contributed by atoms with Gasteiger partial charge in [-0.05, 0) is 24.6 Å². The molecular formula is C10H10O. The number of hydrogen-bond acceptors (Lipinski definition) is 1. The molecule has 0 bridgehead atoms. The first-order chi connectivity index (χ1) is 5.33. The molecule has 1 aromatic carbocycles. The van der Waals surface area contributed by atoms with Gasteiger partial charge in [0.1, 0.15) is 5.75 Å². The van der Waals surface area contributed by atoms with E-state index in [9.17, 15) is 0 Å². The largest absolute Gasteiger partial charge is 0.508 e. The second-order valence-electron chi connectivity index (χ2n) is 2.27. The number of aromatic hydroxyl groups is 1. The van der Waals surface area contributed by atoms with Crippen LogP contribution in [0.15, 0.2) is 24.3 Å². The van der Waals surface area contributed by atoms with Gasteiger partial charge in [-0.3, -0.25) is 0 Å². The molecule has 0 saturated carbocycles. The molecule has 0 aliphatic carbocycles. The molecule has 0 heterocycles. The van der Waals surface area contributed by atoms with Crippen molar-refractivity contribution in [1.29, 1.82) is 0 Å². The summed E-state index contributed by atoms with van der Waals surface area (Å²) in [6, 6.07) is 7.10. The Bertz CT molecular complexity index is 274. The molecule has 0 radical (unpaired) electrons. The summed E-state index contributed by atoms with van der Waals surface area (Å²) in [5.41, 5.74) is 1.14. The van der Waals surface area contributed by atoms with Crippen LogP contribution >= 0.6 is 0 Å². The maximum absolute atomic E-state index is 8.95. The van der Waals surface area contributed by atoms with E-state index in [1.165, 1.54) is 0 Å². The van der Waals surface area contributed by atoms with Gasteiger partial charge >= 0.3 is 0 Å². The zero-order valence-electron chi connectivity index (χ0n) is 6.46. The average Bonchev–Trinajstić information content (AvgIpc) is 2.04. The summed E-state index contributed by atoms with van der Waals surface area (Å²) < 4.78 is 0. The number of phenolic OH excluding ortho intramolecular Hbond substituents is 1. The molecule has 1 rings (SSSR count). The number of rotatable bonds is 1. The van der Waals surface area contributed by atoms with Crippen LogP contribution in [-0.2, 0) is 6.42 Å². The normalized spacial score (nSPS) is 8.45. The lowest BCUT2D eigenvalue weighted by Gasteiger charge is -1.93. The maximum atomic E-state index is 8.95. The average molecular weight is 146 g/mol. The Kier molecular flexibility index (Phi) is 2.57. The first kappa shape index (κ1) is 7.68. The van der Waals surface area contributed by atoms with Crippen LogP contribution in [0.4, 0.5) is 0 Å². The molecule has 1 nitrogen and oxygen atoms in total. The van der Waals surface area contributed by atoms with Crippen molar-refractivity contribution in [3.05, 3.63) is 29.8 Å². The molecule has 0 unspecified atom stereocenters. The topological polar surface area (TPSA) is 20.2 Å². The van der Waals surface area contributed by atoms with Crippen LogP contribution in [0.3, 0.4) is 0 Å². The third kappa shape index (κ3) is 2.35. The van der Waals surface area contributed by atoms with Crippen LogP contribution in [0.2, 0.25) is 0 Å². The van der Waals surface area contributed by atoms with Crippen molar-refractivity contribution in [2.24, 2.45) is 0 Å². The highest BCUT2D eigenvalue weighted by atomic mass is 16.3. The predicted molar refractivity (Wildman–Crippen MR) is 45.3 cm³/mol. The third-order valence-corrected chi connectivity index (χ3v) is 1.41. The van der Waals surface area contributed by atoms with Crippen molar-refractivity contribution in [2.75, 3.05) is 0 Å². The summed E-state index contributed by atoms with van der Waals surface area (Å²) in [4.78, 5) is 0. The highest BCUT2D eigenvalue weighted by molar-refractivity contribution is 5.28. The van der Waals surface area contributed by atoms with Gasteiger partial charge in [0.05, 0.1) is 0 Å². The lowest BCUT2D eigenvalue weighted by Crippen LogP contribution is -1.78. The fraction of sp³-hybridized carbons (Fsp3) is 0.200. The fourth-order valence-corrected chi connectivity index (χ4v) is 0.804. The highest BCUT2D eigenvalue weighted by Gasteiger charge is 1.88. The van der Waals surface area contributed by atoms with Gasteiger partial charge in [-0.1, -0.05) is 18.1 Å². The third-order valence-electron chi connectivity index (χ3n) is 1.41. The van der Waals surface area contributed by atoms with Gasteiger partial charge in [0, 0.05) is 6.42 Å². The monoisotopic (exact) mass is 146 g/mol. The molecule has 56 valence electrons. The van der Waals surface area contributed by atoms with Crippen molar-refractivity contribution >= 4 is 0 Å². The molecule has 0 fully saturated rings. The van der Waals surface area contributed by atoms with Crippen LogP contribution in [0.25, 0.3) is 0 Å². The van der Waals surface area contributed by atoms with Crippen LogP contribution in [-0.4, -0.2) is 5.11 Å². The number of benzene rings is 1. The van der Waals surface area contributed by atoms with Crippen LogP contribution < -0.4 is 0 Å². The molecular weight excluding hydrogens is 136 g/mol. The highest BCUT2D eigenvalue weighted by Crippen LogP contribution is 2.09. The maximum Gasteiger partial charge on any atom is 0.115 e. The predicted octanol–water partition coefficient (Wildman–Crippen LogP) is 1.96. The molecule has 0 amide bonds. The van der Waals surface area contributed by atoms with Gasteiger partial charge < -0.3 is 5.11 Å². The second-order valence-corrected chi connectivity index (χ2v) is 2.27. The fourth-order valence-electron chi connectivity index (χ4n) is 0.804. The lowest BCUT2D eigenvalue weighted by atomic mass is 10.1. The van der Waals surface area contributed by atoms with Crippen LogP contribution in [0.1, 0.15) is 12.5 Å². The van der Waals surface area contributed by atoms with Crippen molar-refractivity contribution < 1.29 is 5.11 Å². The molecule has 0 atom stereocenters. The standard InChI is InChI=1S/C10H10O/c1-2-3-4-9-5-7-10(11)8-6-9/h5-8,11H,4H2,1H3. The zero-order chi connectivity index (χ0) is 8.10. The van der Waals surface area contributed by atoms with E-state index >= 15 is 0 Å². The van der Waals surface area contributed by atoms with E-state index in [1.807, 2.05) is 19.1 Å². The molecule has 0 saturated heterocycles. The van der Waals surface area contributed by atoms with Gasteiger partial charge in [0.2, 0.25) is 0 Å². The molecule has 0 aromatic heterocycles. The second kappa shape index (κ2) is 3.68. The molecule has 0 aliphatic rings. The van der Waals surface area contributed by atoms with Gasteiger partial charge in [0.25, 0.3) is 0 Å². The molecule has 0 spiro atoms. The number of phenols is 1. The molecule has 1 heteroatoms. The van der Waals surface area contributed by atoms with E-state index in [-0.39, 0.29) is 0 Å². The van der Waals surface area contributed by atoms with Gasteiger partial charge in [0.15, 0.2) is 0 Å². The molecule has 1 aromatic rings. The molecule has 11 heavy (non-hydrogen) atoms. The smallest absolute Gasteiger partial charge is 0.115 e. The summed E-state index contributed by atoms with van der Waals surface area (Å²) in [6.45, 7) is 1.82. The van der Waals surface area contributed by atoms with Gasteiger partial charge in [-0.15, -0.1) is 5.92 Å². The molecule has 1 N–H and O–H groups in total. The van der Waals surface area contributed by atoms with Crippen molar-refractivity contribution in [3.8, 4) is 17.6 Å². The summed E-state index contributed by atoms with van der Waals surface area (Å²) in [6.07, 6.45) is 0.761. The minimum absolute atomic E-state index is 0.304. The van der Waals surface area contributed by atoms with E-state index in [0.29, 0.717) is 5.75 Å². The Morgan fingerprint density at radius 1 is 1.27 bits per heavy atom. The minimum atomic E-state index is 0.304. The first-order valence-corrected chi connectivity index (χ1v) is 3.50. The van der Waals surface area contributed by atoms with Crippen molar-refractivity contribution in [3.63, 3.8) is 0 Å². The van der Waals surface area contributed by atoms with Gasteiger partial charge in [-0.2, -0.15) is 0 Å². The Labute approximate surface area is 66.7 Å². The van der Waals surface area contributed by atoms with E-state index in [4.69, 9.17) is 5.11 Å². The Hall–Kier alpha value is -1.42. The van der Waals surface area contributed by atoms with Crippen molar-refractivity contribution in [1.82, 2.24) is 0 Å². The zero-order valence-corrected chi connectivity index (χ0v) is 6.46. The van der Waals surface area contributed by atoms with Crippen LogP contribution in [0, 0.1) is 11.8 Å². The SMILES string of the molecule is CC#CCc1ccc(O)cc1. The summed E-state index contributed by atoms with van der Waals surface area (Å²) in [7, 11) is 0. The molecule has 0 aliphatic heterocycles. The van der Waals surface area contributed by atoms with E-state index in [2.05, 4.69) is 11.8 Å². The van der Waals surface area contributed by atoms with E-state index < -0.39 is 0 Å². The van der Waals surface area contributed by atoms with E-state index in [1.54, 1.807) is 12.1 Å². The van der Waals surface area contributed by atoms with E-state index in [0.717, 1.165) is 12.0 Å². The summed E-state index contributed by atoms with van der Waals surface area (Å²) in [5.74, 6) is 6.07.